The molecule has 23 heavy (non-hydrogen) atoms. The van der Waals surface area contributed by atoms with E-state index in [0.717, 1.165) is 29.8 Å². The first kappa shape index (κ1) is 16.1. The second-order valence-electron chi connectivity index (χ2n) is 6.47. The van der Waals surface area contributed by atoms with Gasteiger partial charge in [0.25, 0.3) is 0 Å². The lowest BCUT2D eigenvalue weighted by atomic mass is 10.1. The fraction of sp³-hybridized carbons (Fsp3) is 0.500. The predicted octanol–water partition coefficient (Wildman–Crippen LogP) is 4.30. The first-order chi connectivity index (χ1) is 11.1. The Morgan fingerprint density at radius 1 is 1.30 bits per heavy atom. The van der Waals surface area contributed by atoms with E-state index in [9.17, 15) is 8.78 Å². The number of nitrogens with one attached hydrogen (secondary N) is 1. The van der Waals surface area contributed by atoms with Crippen molar-refractivity contribution in [2.24, 2.45) is 5.92 Å². The summed E-state index contributed by atoms with van der Waals surface area (Å²) in [6, 6.07) is 3.72. The van der Waals surface area contributed by atoms with Crippen LogP contribution in [0.2, 0.25) is 0 Å². The molecule has 1 aliphatic carbocycles. The second-order valence-corrected chi connectivity index (χ2v) is 6.47. The summed E-state index contributed by atoms with van der Waals surface area (Å²) in [5, 5.41) is 7.85. The molecule has 1 atom stereocenters. The molecule has 0 bridgehead atoms. The quantitative estimate of drug-likeness (QED) is 0.890. The number of hydrogen-bond donors (Lipinski definition) is 1. The van der Waals surface area contributed by atoms with Crippen LogP contribution in [-0.2, 0) is 0 Å². The maximum Gasteiger partial charge on any atom is 0.151 e. The highest BCUT2D eigenvalue weighted by molar-refractivity contribution is 5.37. The molecule has 2 aromatic rings. The average molecular weight is 319 g/mol. The molecule has 1 aliphatic rings. The van der Waals surface area contributed by atoms with Crippen LogP contribution in [0.1, 0.15) is 49.9 Å². The van der Waals surface area contributed by atoms with Crippen molar-refractivity contribution < 1.29 is 8.78 Å². The zero-order chi connectivity index (χ0) is 16.4. The maximum atomic E-state index is 14.0. The third-order valence-electron chi connectivity index (χ3n) is 4.84. The molecular formula is C18H23F2N3. The molecule has 0 radical (unpaired) electrons. The summed E-state index contributed by atoms with van der Waals surface area (Å²) in [6.45, 7) is 5.03. The van der Waals surface area contributed by atoms with Crippen molar-refractivity contribution >= 4 is 0 Å². The summed E-state index contributed by atoms with van der Waals surface area (Å²) in [5.74, 6) is -0.417. The minimum atomic E-state index is -0.602. The van der Waals surface area contributed by atoms with Gasteiger partial charge in [0.2, 0.25) is 0 Å². The lowest BCUT2D eigenvalue weighted by Gasteiger charge is -2.17. The van der Waals surface area contributed by atoms with Crippen molar-refractivity contribution in [2.75, 3.05) is 6.54 Å². The highest BCUT2D eigenvalue weighted by Gasteiger charge is 2.19. The molecule has 0 aliphatic heterocycles. The first-order valence-electron chi connectivity index (χ1n) is 8.29. The molecule has 124 valence electrons. The summed E-state index contributed by atoms with van der Waals surface area (Å²) >= 11 is 0. The summed E-state index contributed by atoms with van der Waals surface area (Å²) in [4.78, 5) is 0. The minimum Gasteiger partial charge on any atom is -0.310 e. The van der Waals surface area contributed by atoms with Crippen LogP contribution in [0, 0.1) is 24.5 Å². The highest BCUT2D eigenvalue weighted by atomic mass is 19.1. The van der Waals surface area contributed by atoms with Crippen LogP contribution in [0.4, 0.5) is 8.78 Å². The van der Waals surface area contributed by atoms with Gasteiger partial charge in [-0.25, -0.2) is 13.5 Å². The zero-order valence-electron chi connectivity index (χ0n) is 13.6. The molecule has 3 nitrogen and oxygen atoms in total. The molecule has 1 aromatic carbocycles. The van der Waals surface area contributed by atoms with Crippen LogP contribution in [0.25, 0.3) is 5.69 Å². The van der Waals surface area contributed by atoms with Gasteiger partial charge in [-0.2, -0.15) is 5.10 Å². The molecule has 0 saturated heterocycles. The van der Waals surface area contributed by atoms with Gasteiger partial charge < -0.3 is 5.32 Å². The van der Waals surface area contributed by atoms with E-state index in [4.69, 9.17) is 0 Å². The Bertz CT molecular complexity index is 675. The SMILES string of the molecule is Cc1c([C@H](C)NCC2CCCC2)cnn1-c1ccc(F)cc1F. The molecule has 1 saturated carbocycles. The number of benzene rings is 1. The van der Waals surface area contributed by atoms with Gasteiger partial charge in [-0.1, -0.05) is 12.8 Å². The van der Waals surface area contributed by atoms with Gasteiger partial charge in [-0.15, -0.1) is 0 Å². The summed E-state index contributed by atoms with van der Waals surface area (Å²) in [6.07, 6.45) is 7.05. The van der Waals surface area contributed by atoms with Gasteiger partial charge in [0, 0.05) is 23.4 Å². The van der Waals surface area contributed by atoms with Gasteiger partial charge >= 0.3 is 0 Å². The Morgan fingerprint density at radius 2 is 2.04 bits per heavy atom. The fourth-order valence-electron chi connectivity index (χ4n) is 3.41. The standard InChI is InChI=1S/C18H23F2N3/c1-12(21-10-14-5-3-4-6-14)16-11-22-23(13(16)2)18-8-7-15(19)9-17(18)20/h7-9,11-12,14,21H,3-6,10H2,1-2H3/t12-/m0/s1. The second kappa shape index (κ2) is 6.79. The monoisotopic (exact) mass is 319 g/mol. The molecule has 0 unspecified atom stereocenters. The number of halogens is 2. The third kappa shape index (κ3) is 3.44. The normalized spacial score (nSPS) is 16.9. The maximum absolute atomic E-state index is 14.0. The van der Waals surface area contributed by atoms with Crippen molar-refractivity contribution in [3.8, 4) is 5.69 Å². The van der Waals surface area contributed by atoms with Gasteiger partial charge in [-0.05, 0) is 51.3 Å². The van der Waals surface area contributed by atoms with E-state index in [0.29, 0.717) is 0 Å². The smallest absolute Gasteiger partial charge is 0.151 e. The number of rotatable bonds is 5. The predicted molar refractivity (Wildman–Crippen MR) is 86.6 cm³/mol. The van der Waals surface area contributed by atoms with Crippen molar-refractivity contribution in [2.45, 2.75) is 45.6 Å². The fourth-order valence-corrected chi connectivity index (χ4v) is 3.41. The van der Waals surface area contributed by atoms with E-state index >= 15 is 0 Å². The molecule has 0 amide bonds. The van der Waals surface area contributed by atoms with Crippen LogP contribution >= 0.6 is 0 Å². The van der Waals surface area contributed by atoms with Gasteiger partial charge in [-0.3, -0.25) is 0 Å². The van der Waals surface area contributed by atoms with Crippen LogP contribution in [0.15, 0.2) is 24.4 Å². The van der Waals surface area contributed by atoms with E-state index in [1.54, 1.807) is 6.20 Å². The summed E-state index contributed by atoms with van der Waals surface area (Å²) in [7, 11) is 0. The molecule has 1 heterocycles. The van der Waals surface area contributed by atoms with Crippen molar-refractivity contribution in [3.63, 3.8) is 0 Å². The molecule has 5 heteroatoms. The highest BCUT2D eigenvalue weighted by Crippen LogP contribution is 2.26. The van der Waals surface area contributed by atoms with Crippen molar-refractivity contribution in [3.05, 3.63) is 47.3 Å². The largest absolute Gasteiger partial charge is 0.310 e. The van der Waals surface area contributed by atoms with E-state index in [1.165, 1.54) is 42.5 Å². The molecule has 0 spiro atoms. The van der Waals surface area contributed by atoms with Crippen LogP contribution in [0.3, 0.4) is 0 Å². The molecule has 1 N–H and O–H groups in total. The van der Waals surface area contributed by atoms with Crippen molar-refractivity contribution in [1.82, 2.24) is 15.1 Å². The van der Waals surface area contributed by atoms with E-state index in [1.807, 2.05) is 6.92 Å². The Labute approximate surface area is 135 Å². The lowest BCUT2D eigenvalue weighted by molar-refractivity contribution is 0.452. The molecule has 1 aromatic heterocycles. The first-order valence-corrected chi connectivity index (χ1v) is 8.29. The van der Waals surface area contributed by atoms with Gasteiger partial charge in [0.15, 0.2) is 5.82 Å². The third-order valence-corrected chi connectivity index (χ3v) is 4.84. The Kier molecular flexibility index (Phi) is 4.76. The topological polar surface area (TPSA) is 29.9 Å². The van der Waals surface area contributed by atoms with Crippen molar-refractivity contribution in [1.29, 1.82) is 0 Å². The summed E-state index contributed by atoms with van der Waals surface area (Å²) in [5.41, 5.74) is 2.20. The lowest BCUT2D eigenvalue weighted by Crippen LogP contribution is -2.24. The van der Waals surface area contributed by atoms with E-state index in [-0.39, 0.29) is 11.7 Å². The summed E-state index contributed by atoms with van der Waals surface area (Å²) < 4.78 is 28.6. The molecule has 3 rings (SSSR count). The number of hydrogen-bond acceptors (Lipinski definition) is 2. The zero-order valence-corrected chi connectivity index (χ0v) is 13.6. The number of aromatic nitrogens is 2. The molecule has 1 fully saturated rings. The van der Waals surface area contributed by atoms with Crippen LogP contribution in [-0.4, -0.2) is 16.3 Å². The minimum absolute atomic E-state index is 0.160. The molecular weight excluding hydrogens is 296 g/mol. The average Bonchev–Trinajstić information content (AvgIpc) is 3.15. The van der Waals surface area contributed by atoms with E-state index in [2.05, 4.69) is 17.3 Å². The van der Waals surface area contributed by atoms with Crippen LogP contribution in [0.5, 0.6) is 0 Å². The number of nitrogens with zero attached hydrogens (tertiary/aromatic N) is 2. The van der Waals surface area contributed by atoms with E-state index < -0.39 is 11.6 Å². The van der Waals surface area contributed by atoms with Gasteiger partial charge in [0.05, 0.1) is 6.20 Å². The van der Waals surface area contributed by atoms with Gasteiger partial charge in [0.1, 0.15) is 11.5 Å². The van der Waals surface area contributed by atoms with Crippen LogP contribution < -0.4 is 5.32 Å². The Hall–Kier alpha value is -1.75. The Balaban J connectivity index is 1.75. The Morgan fingerprint density at radius 3 is 2.74 bits per heavy atom.